The zero-order chi connectivity index (χ0) is 33.4. The summed E-state index contributed by atoms with van der Waals surface area (Å²) in [5.41, 5.74) is 14.3. The van der Waals surface area contributed by atoms with E-state index >= 15 is 0 Å². The van der Waals surface area contributed by atoms with Crippen molar-refractivity contribution in [3.63, 3.8) is 0 Å². The minimum Gasteiger partial charge on any atom is -0.436 e. The molecule has 1 aliphatic carbocycles. The number of oxazole rings is 1. The molecule has 0 bridgehead atoms. The van der Waals surface area contributed by atoms with E-state index in [1.54, 1.807) is 0 Å². The van der Waals surface area contributed by atoms with Crippen LogP contribution in [0.2, 0.25) is 0 Å². The molecule has 1 aliphatic rings. The summed E-state index contributed by atoms with van der Waals surface area (Å²) < 4.78 is 8.88. The highest BCUT2D eigenvalue weighted by Crippen LogP contribution is 2.54. The van der Waals surface area contributed by atoms with E-state index in [9.17, 15) is 0 Å². The maximum atomic E-state index is 6.48. The third kappa shape index (κ3) is 4.15. The number of hydrogen-bond acceptors (Lipinski definition) is 3. The van der Waals surface area contributed by atoms with Gasteiger partial charge in [0.25, 0.3) is 0 Å². The molecule has 4 nitrogen and oxygen atoms in total. The number of hydrogen-bond donors (Lipinski definition) is 0. The van der Waals surface area contributed by atoms with Gasteiger partial charge in [-0.2, -0.15) is 0 Å². The largest absolute Gasteiger partial charge is 0.436 e. The molecule has 50 heavy (non-hydrogen) atoms. The number of nitrogens with zero attached hydrogens (tertiary/aromatic N) is 3. The van der Waals surface area contributed by atoms with Gasteiger partial charge in [0.1, 0.15) is 5.52 Å². The molecule has 0 amide bonds. The molecule has 9 aromatic rings. The van der Waals surface area contributed by atoms with Crippen molar-refractivity contribution in [3.8, 4) is 28.3 Å². The van der Waals surface area contributed by atoms with Crippen LogP contribution >= 0.6 is 0 Å². The van der Waals surface area contributed by atoms with Crippen molar-refractivity contribution in [2.45, 2.75) is 19.3 Å². The first-order chi connectivity index (χ1) is 24.6. The van der Waals surface area contributed by atoms with Crippen LogP contribution in [0.25, 0.3) is 61.2 Å². The second-order valence-electron chi connectivity index (χ2n) is 13.6. The minimum atomic E-state index is -0.183. The summed E-state index contributed by atoms with van der Waals surface area (Å²) in [6, 6.07) is 58.0. The molecule has 0 saturated carbocycles. The van der Waals surface area contributed by atoms with Gasteiger partial charge in [-0.25, -0.2) is 4.98 Å². The van der Waals surface area contributed by atoms with E-state index in [1.807, 2.05) is 18.2 Å². The Morgan fingerprint density at radius 1 is 0.600 bits per heavy atom. The highest BCUT2D eigenvalue weighted by atomic mass is 16.3. The predicted octanol–water partition coefficient (Wildman–Crippen LogP) is 12.4. The van der Waals surface area contributed by atoms with E-state index in [1.165, 1.54) is 33.0 Å². The van der Waals surface area contributed by atoms with Gasteiger partial charge in [0.05, 0.1) is 11.0 Å². The van der Waals surface area contributed by atoms with E-state index in [-0.39, 0.29) is 5.41 Å². The number of aromatic nitrogens is 2. The summed E-state index contributed by atoms with van der Waals surface area (Å²) in [5, 5.41) is 2.43. The number of benzene rings is 7. The van der Waals surface area contributed by atoms with Crippen LogP contribution in [0, 0.1) is 0 Å². The van der Waals surface area contributed by atoms with E-state index in [0.29, 0.717) is 5.89 Å². The highest BCUT2D eigenvalue weighted by molar-refractivity contribution is 6.20. The van der Waals surface area contributed by atoms with Crippen molar-refractivity contribution in [1.29, 1.82) is 0 Å². The molecule has 4 heteroatoms. The predicted molar refractivity (Wildman–Crippen MR) is 206 cm³/mol. The van der Waals surface area contributed by atoms with Crippen molar-refractivity contribution >= 4 is 50.0 Å². The summed E-state index contributed by atoms with van der Waals surface area (Å²) in [7, 11) is 0. The summed E-state index contributed by atoms with van der Waals surface area (Å²) in [6.07, 6.45) is 0. The van der Waals surface area contributed by atoms with Crippen molar-refractivity contribution in [2.75, 3.05) is 4.90 Å². The molecule has 7 aromatic carbocycles. The summed E-state index contributed by atoms with van der Waals surface area (Å²) in [4.78, 5) is 7.53. The first kappa shape index (κ1) is 28.6. The topological polar surface area (TPSA) is 34.2 Å². The Kier molecular flexibility index (Phi) is 6.19. The lowest BCUT2D eigenvalue weighted by atomic mass is 9.80. The number of fused-ring (bicyclic) bond motifs is 9. The zero-order valence-corrected chi connectivity index (χ0v) is 27.8. The fraction of sp³-hybridized carbons (Fsp3) is 0.0652. The van der Waals surface area contributed by atoms with Gasteiger partial charge in [0, 0.05) is 44.5 Å². The average Bonchev–Trinajstić information content (AvgIpc) is 3.82. The second kappa shape index (κ2) is 10.8. The van der Waals surface area contributed by atoms with Gasteiger partial charge in [-0.15, -0.1) is 0 Å². The Labute approximate surface area is 290 Å². The van der Waals surface area contributed by atoms with Crippen molar-refractivity contribution < 1.29 is 4.42 Å². The molecule has 0 aliphatic heterocycles. The highest BCUT2D eigenvalue weighted by Gasteiger charge is 2.38. The molecule has 238 valence electrons. The fourth-order valence-corrected chi connectivity index (χ4v) is 8.20. The Morgan fingerprint density at radius 3 is 2.00 bits per heavy atom. The standard InChI is InChI=1S/C46H33N3O/c1-46(2)38-24-13-12-23-35(38)36-25-27-39-41(42(36)46)37-26-28-40-43(47-45(50-40)30-15-6-3-7-16-30)44(37)49(39)34-22-14-21-33(29-34)48(31-17-8-4-9-18-31)32-19-10-5-11-20-32/h3-29H,1-2H3. The van der Waals surface area contributed by atoms with Gasteiger partial charge >= 0.3 is 0 Å². The van der Waals surface area contributed by atoms with Crippen LogP contribution in [0.4, 0.5) is 17.1 Å². The van der Waals surface area contributed by atoms with E-state index < -0.39 is 0 Å². The van der Waals surface area contributed by atoms with Crippen LogP contribution < -0.4 is 4.90 Å². The van der Waals surface area contributed by atoms with Gasteiger partial charge in [0.2, 0.25) is 5.89 Å². The first-order valence-corrected chi connectivity index (χ1v) is 17.1. The first-order valence-electron chi connectivity index (χ1n) is 17.1. The van der Waals surface area contributed by atoms with Gasteiger partial charge in [-0.3, -0.25) is 0 Å². The molecular formula is C46H33N3O. The lowest BCUT2D eigenvalue weighted by Crippen LogP contribution is -2.15. The molecule has 2 heterocycles. The number of anilines is 3. The van der Waals surface area contributed by atoms with Crippen LogP contribution in [-0.4, -0.2) is 9.55 Å². The molecule has 0 N–H and O–H groups in total. The van der Waals surface area contributed by atoms with Crippen molar-refractivity contribution in [1.82, 2.24) is 9.55 Å². The van der Waals surface area contributed by atoms with Crippen LogP contribution in [-0.2, 0) is 5.41 Å². The molecule has 0 radical (unpaired) electrons. The van der Waals surface area contributed by atoms with Gasteiger partial charge in [-0.05, 0) is 95.1 Å². The lowest BCUT2D eigenvalue weighted by molar-refractivity contribution is 0.620. The van der Waals surface area contributed by atoms with E-state index in [0.717, 1.165) is 50.4 Å². The van der Waals surface area contributed by atoms with Gasteiger partial charge in [0.15, 0.2) is 5.58 Å². The van der Waals surface area contributed by atoms with E-state index in [2.05, 4.69) is 169 Å². The third-order valence-corrected chi connectivity index (χ3v) is 10.4. The Hall–Kier alpha value is -6.39. The average molecular weight is 644 g/mol. The smallest absolute Gasteiger partial charge is 0.227 e. The van der Waals surface area contributed by atoms with Gasteiger partial charge < -0.3 is 13.9 Å². The third-order valence-electron chi connectivity index (χ3n) is 10.4. The summed E-state index contributed by atoms with van der Waals surface area (Å²) in [5.74, 6) is 0.621. The minimum absolute atomic E-state index is 0.183. The van der Waals surface area contributed by atoms with Crippen molar-refractivity contribution in [3.05, 3.63) is 175 Å². The zero-order valence-electron chi connectivity index (χ0n) is 27.8. The maximum Gasteiger partial charge on any atom is 0.227 e. The normalized spacial score (nSPS) is 13.2. The van der Waals surface area contributed by atoms with Gasteiger partial charge in [-0.1, -0.05) is 105 Å². The Bertz CT molecular complexity index is 2680. The molecule has 0 fully saturated rings. The Morgan fingerprint density at radius 2 is 1.26 bits per heavy atom. The van der Waals surface area contributed by atoms with Crippen LogP contribution in [0.3, 0.4) is 0 Å². The maximum absolute atomic E-state index is 6.48. The summed E-state index contributed by atoms with van der Waals surface area (Å²) in [6.45, 7) is 4.72. The molecule has 0 spiro atoms. The van der Waals surface area contributed by atoms with E-state index in [4.69, 9.17) is 9.40 Å². The Balaban J connectivity index is 1.29. The number of rotatable bonds is 5. The van der Waals surface area contributed by atoms with Crippen molar-refractivity contribution in [2.24, 2.45) is 0 Å². The van der Waals surface area contributed by atoms with Crippen LogP contribution in [0.15, 0.2) is 168 Å². The molecule has 10 rings (SSSR count). The monoisotopic (exact) mass is 643 g/mol. The molecule has 2 aromatic heterocycles. The lowest BCUT2D eigenvalue weighted by Gasteiger charge is -2.26. The molecule has 0 atom stereocenters. The van der Waals surface area contributed by atoms with Crippen LogP contribution in [0.5, 0.6) is 0 Å². The molecular weight excluding hydrogens is 611 g/mol. The number of para-hydroxylation sites is 2. The fourth-order valence-electron chi connectivity index (χ4n) is 8.20. The molecule has 0 unspecified atom stereocenters. The SMILES string of the molecule is CC1(C)c2ccccc2-c2ccc3c(c21)c1ccc2oc(-c4ccccc4)nc2c1n3-c1cccc(N(c2ccccc2)c2ccccc2)c1. The summed E-state index contributed by atoms with van der Waals surface area (Å²) >= 11 is 0. The second-order valence-corrected chi connectivity index (χ2v) is 13.6. The van der Waals surface area contributed by atoms with Crippen LogP contribution in [0.1, 0.15) is 25.0 Å². The molecule has 0 saturated heterocycles. The quantitative estimate of drug-likeness (QED) is 0.187.